The third kappa shape index (κ3) is 5.95. The zero-order chi connectivity index (χ0) is 22.3. The first-order valence-electron chi connectivity index (χ1n) is 10.6. The van der Waals surface area contributed by atoms with Crippen LogP contribution in [0.2, 0.25) is 0 Å². The molecule has 1 aliphatic rings. The van der Waals surface area contributed by atoms with Crippen molar-refractivity contribution in [1.29, 1.82) is 0 Å². The minimum absolute atomic E-state index is 0.0480. The summed E-state index contributed by atoms with van der Waals surface area (Å²) in [5.74, 6) is 2.77. The standard InChI is InChI=1S/C24H27N5O3/c1-17-3-9-21(10-4-17)32-16-24(30)28-20-7-5-19(6-8-20)27-22-15-23(26-18(2)25-22)29-11-13-31-14-12-29/h3-10,15H,11-14,16H2,1-2H3,(H,28,30)(H,25,26,27). The van der Waals surface area contributed by atoms with Gasteiger partial charge >= 0.3 is 0 Å². The van der Waals surface area contributed by atoms with Crippen molar-refractivity contribution in [1.82, 2.24) is 9.97 Å². The van der Waals surface area contributed by atoms with Crippen molar-refractivity contribution in [2.45, 2.75) is 13.8 Å². The second kappa shape index (κ2) is 10.1. The molecule has 3 aromatic rings. The van der Waals surface area contributed by atoms with E-state index in [1.807, 2.05) is 68.4 Å². The Bertz CT molecular complexity index is 1050. The van der Waals surface area contributed by atoms with Gasteiger partial charge in [-0.2, -0.15) is 0 Å². The van der Waals surface area contributed by atoms with Gasteiger partial charge in [0.15, 0.2) is 6.61 Å². The van der Waals surface area contributed by atoms with E-state index in [0.717, 1.165) is 36.0 Å². The first-order valence-corrected chi connectivity index (χ1v) is 10.6. The number of nitrogens with one attached hydrogen (secondary N) is 2. The van der Waals surface area contributed by atoms with Gasteiger partial charge in [0.25, 0.3) is 5.91 Å². The van der Waals surface area contributed by atoms with Crippen LogP contribution in [0.5, 0.6) is 5.75 Å². The fourth-order valence-corrected chi connectivity index (χ4v) is 3.34. The summed E-state index contributed by atoms with van der Waals surface area (Å²) in [5, 5.41) is 6.15. The van der Waals surface area contributed by atoms with Gasteiger partial charge < -0.3 is 25.0 Å². The average Bonchev–Trinajstić information content (AvgIpc) is 2.80. The molecule has 1 aliphatic heterocycles. The van der Waals surface area contributed by atoms with Gasteiger partial charge in [-0.3, -0.25) is 4.79 Å². The van der Waals surface area contributed by atoms with Gasteiger partial charge in [0.2, 0.25) is 0 Å². The fourth-order valence-electron chi connectivity index (χ4n) is 3.34. The number of ether oxygens (including phenoxy) is 2. The molecular formula is C24H27N5O3. The quantitative estimate of drug-likeness (QED) is 0.587. The number of anilines is 4. The molecule has 2 heterocycles. The predicted molar refractivity (Wildman–Crippen MR) is 125 cm³/mol. The summed E-state index contributed by atoms with van der Waals surface area (Å²) in [7, 11) is 0. The number of aromatic nitrogens is 2. The Morgan fingerprint density at radius 2 is 1.69 bits per heavy atom. The highest BCUT2D eigenvalue weighted by atomic mass is 16.5. The lowest BCUT2D eigenvalue weighted by molar-refractivity contribution is -0.118. The number of aryl methyl sites for hydroxylation is 2. The van der Waals surface area contributed by atoms with Gasteiger partial charge in [-0.05, 0) is 50.2 Å². The van der Waals surface area contributed by atoms with Crippen molar-refractivity contribution in [3.63, 3.8) is 0 Å². The maximum Gasteiger partial charge on any atom is 0.262 e. The zero-order valence-corrected chi connectivity index (χ0v) is 18.3. The Morgan fingerprint density at radius 1 is 1.00 bits per heavy atom. The van der Waals surface area contributed by atoms with Gasteiger partial charge in [0.05, 0.1) is 13.2 Å². The molecule has 166 valence electrons. The van der Waals surface area contributed by atoms with E-state index in [1.54, 1.807) is 0 Å². The summed E-state index contributed by atoms with van der Waals surface area (Å²) >= 11 is 0. The Labute approximate surface area is 187 Å². The molecular weight excluding hydrogens is 406 g/mol. The van der Waals surface area contributed by atoms with E-state index in [2.05, 4.69) is 25.5 Å². The molecule has 0 saturated carbocycles. The highest BCUT2D eigenvalue weighted by Gasteiger charge is 2.14. The molecule has 1 aromatic heterocycles. The average molecular weight is 434 g/mol. The van der Waals surface area contributed by atoms with Gasteiger partial charge in [-0.15, -0.1) is 0 Å². The molecule has 0 unspecified atom stereocenters. The number of hydrogen-bond donors (Lipinski definition) is 2. The first-order chi connectivity index (χ1) is 15.5. The Morgan fingerprint density at radius 3 is 2.41 bits per heavy atom. The summed E-state index contributed by atoms with van der Waals surface area (Å²) < 4.78 is 10.9. The lowest BCUT2D eigenvalue weighted by atomic mass is 10.2. The molecule has 2 N–H and O–H groups in total. The molecule has 8 heteroatoms. The van der Waals surface area contributed by atoms with Crippen LogP contribution in [0, 0.1) is 13.8 Å². The van der Waals surface area contributed by atoms with E-state index in [0.29, 0.717) is 30.5 Å². The monoisotopic (exact) mass is 433 g/mol. The Hall–Kier alpha value is -3.65. The molecule has 8 nitrogen and oxygen atoms in total. The van der Waals surface area contributed by atoms with E-state index in [-0.39, 0.29) is 12.5 Å². The molecule has 0 aliphatic carbocycles. The number of hydrogen-bond acceptors (Lipinski definition) is 7. The highest BCUT2D eigenvalue weighted by Crippen LogP contribution is 2.22. The number of carbonyl (C=O) groups excluding carboxylic acids is 1. The van der Waals surface area contributed by atoms with Crippen LogP contribution in [0.15, 0.2) is 54.6 Å². The third-order valence-electron chi connectivity index (χ3n) is 4.99. The summed E-state index contributed by atoms with van der Waals surface area (Å²) in [6.45, 7) is 6.88. The molecule has 2 aromatic carbocycles. The van der Waals surface area contributed by atoms with E-state index >= 15 is 0 Å². The molecule has 1 saturated heterocycles. The topological polar surface area (TPSA) is 88.6 Å². The zero-order valence-electron chi connectivity index (χ0n) is 18.3. The van der Waals surface area contributed by atoms with Crippen molar-refractivity contribution < 1.29 is 14.3 Å². The summed E-state index contributed by atoms with van der Waals surface area (Å²) in [6.07, 6.45) is 0. The lowest BCUT2D eigenvalue weighted by Gasteiger charge is -2.28. The van der Waals surface area contributed by atoms with E-state index in [1.165, 1.54) is 0 Å². The minimum Gasteiger partial charge on any atom is -0.484 e. The van der Waals surface area contributed by atoms with Gasteiger partial charge in [0.1, 0.15) is 23.2 Å². The summed E-state index contributed by atoms with van der Waals surface area (Å²) in [5.41, 5.74) is 2.70. The molecule has 32 heavy (non-hydrogen) atoms. The van der Waals surface area contributed by atoms with E-state index < -0.39 is 0 Å². The maximum absolute atomic E-state index is 12.2. The molecule has 0 atom stereocenters. The third-order valence-corrected chi connectivity index (χ3v) is 4.99. The van der Waals surface area contributed by atoms with Crippen LogP contribution in [0.4, 0.5) is 23.0 Å². The van der Waals surface area contributed by atoms with E-state index in [4.69, 9.17) is 9.47 Å². The molecule has 1 fully saturated rings. The number of amides is 1. The molecule has 0 spiro atoms. The molecule has 0 bridgehead atoms. The number of morpholine rings is 1. The molecule has 4 rings (SSSR count). The Kier molecular flexibility index (Phi) is 6.81. The van der Waals surface area contributed by atoms with Gasteiger partial charge in [-0.25, -0.2) is 9.97 Å². The van der Waals surface area contributed by atoms with Crippen molar-refractivity contribution in [2.24, 2.45) is 0 Å². The van der Waals surface area contributed by atoms with Crippen molar-refractivity contribution in [3.8, 4) is 5.75 Å². The summed E-state index contributed by atoms with van der Waals surface area (Å²) in [6, 6.07) is 17.0. The second-order valence-corrected chi connectivity index (χ2v) is 7.61. The van der Waals surface area contributed by atoms with Crippen LogP contribution < -0.4 is 20.3 Å². The number of benzene rings is 2. The number of carbonyl (C=O) groups is 1. The van der Waals surface area contributed by atoms with Crippen molar-refractivity contribution in [3.05, 3.63) is 66.0 Å². The summed E-state index contributed by atoms with van der Waals surface area (Å²) in [4.78, 5) is 23.4. The van der Waals surface area contributed by atoms with Crippen LogP contribution in [-0.2, 0) is 9.53 Å². The van der Waals surface area contributed by atoms with E-state index in [9.17, 15) is 4.79 Å². The largest absolute Gasteiger partial charge is 0.484 e. The van der Waals surface area contributed by atoms with Crippen molar-refractivity contribution >= 4 is 28.9 Å². The second-order valence-electron chi connectivity index (χ2n) is 7.61. The number of rotatable bonds is 7. The van der Waals surface area contributed by atoms with Crippen LogP contribution in [0.25, 0.3) is 0 Å². The van der Waals surface area contributed by atoms with Crippen LogP contribution in [-0.4, -0.2) is 48.8 Å². The Balaban J connectivity index is 1.33. The van der Waals surface area contributed by atoms with Crippen molar-refractivity contribution in [2.75, 3.05) is 48.4 Å². The lowest BCUT2D eigenvalue weighted by Crippen LogP contribution is -2.36. The number of nitrogens with zero attached hydrogens (tertiary/aromatic N) is 3. The predicted octanol–water partition coefficient (Wildman–Crippen LogP) is 3.69. The first kappa shape index (κ1) is 21.6. The van der Waals surface area contributed by atoms with Crippen LogP contribution in [0.3, 0.4) is 0 Å². The van der Waals surface area contributed by atoms with Crippen LogP contribution >= 0.6 is 0 Å². The minimum atomic E-state index is -0.215. The normalized spacial score (nSPS) is 13.5. The maximum atomic E-state index is 12.2. The SMILES string of the molecule is Cc1ccc(OCC(=O)Nc2ccc(Nc3cc(N4CCOCC4)nc(C)n3)cc2)cc1. The molecule has 1 amide bonds. The van der Waals surface area contributed by atoms with Gasteiger partial charge in [-0.1, -0.05) is 17.7 Å². The van der Waals surface area contributed by atoms with Crippen LogP contribution in [0.1, 0.15) is 11.4 Å². The highest BCUT2D eigenvalue weighted by molar-refractivity contribution is 5.92. The van der Waals surface area contributed by atoms with Gasteiger partial charge in [0, 0.05) is 30.5 Å². The smallest absolute Gasteiger partial charge is 0.262 e. The molecule has 0 radical (unpaired) electrons. The fraction of sp³-hybridized carbons (Fsp3) is 0.292.